The zero-order valence-corrected chi connectivity index (χ0v) is 14.0. The van der Waals surface area contributed by atoms with Crippen LogP contribution < -0.4 is 14.8 Å². The number of nitrogens with one attached hydrogen (secondary N) is 1. The van der Waals surface area contributed by atoms with Gasteiger partial charge in [0.2, 0.25) is 0 Å². The third-order valence-corrected chi connectivity index (χ3v) is 4.25. The normalized spacial score (nSPS) is 16.0. The Kier molecular flexibility index (Phi) is 5.36. The number of aryl methyl sites for hydroxylation is 1. The molecule has 2 aromatic rings. The summed E-state index contributed by atoms with van der Waals surface area (Å²) in [5, 5.41) is 2.93. The van der Waals surface area contributed by atoms with E-state index >= 15 is 0 Å². The van der Waals surface area contributed by atoms with Crippen molar-refractivity contribution < 1.29 is 14.3 Å². The molecule has 1 unspecified atom stereocenters. The Morgan fingerprint density at radius 3 is 2.79 bits per heavy atom. The zero-order chi connectivity index (χ0) is 16.8. The first-order chi connectivity index (χ1) is 11.7. The van der Waals surface area contributed by atoms with E-state index < -0.39 is 0 Å². The van der Waals surface area contributed by atoms with Gasteiger partial charge < -0.3 is 14.8 Å². The molecule has 1 heterocycles. The number of ether oxygens (including phenoxy) is 2. The van der Waals surface area contributed by atoms with Gasteiger partial charge in [-0.15, -0.1) is 0 Å². The topological polar surface area (TPSA) is 47.6 Å². The number of benzene rings is 2. The molecule has 4 nitrogen and oxygen atoms in total. The van der Waals surface area contributed by atoms with Crippen molar-refractivity contribution in [1.29, 1.82) is 0 Å². The molecule has 0 saturated carbocycles. The highest BCUT2D eigenvalue weighted by molar-refractivity contribution is 5.77. The molecule has 0 bridgehead atoms. The number of para-hydroxylation sites is 1. The van der Waals surface area contributed by atoms with Crippen LogP contribution in [0, 0.1) is 5.92 Å². The summed E-state index contributed by atoms with van der Waals surface area (Å²) in [4.78, 5) is 12.0. The lowest BCUT2D eigenvalue weighted by molar-refractivity contribution is -0.123. The minimum absolute atomic E-state index is 0.0373. The van der Waals surface area contributed by atoms with Gasteiger partial charge in [-0.1, -0.05) is 37.3 Å². The molecule has 0 radical (unpaired) electrons. The number of rotatable bonds is 6. The summed E-state index contributed by atoms with van der Waals surface area (Å²) in [5.74, 6) is 1.87. The van der Waals surface area contributed by atoms with Crippen LogP contribution in [0.1, 0.15) is 18.1 Å². The molecule has 0 saturated heterocycles. The van der Waals surface area contributed by atoms with Crippen molar-refractivity contribution in [1.82, 2.24) is 5.32 Å². The fourth-order valence-corrected chi connectivity index (χ4v) is 2.80. The minimum Gasteiger partial charge on any atom is -0.493 e. The van der Waals surface area contributed by atoms with Crippen LogP contribution in [0.4, 0.5) is 0 Å². The van der Waals surface area contributed by atoms with E-state index in [0.29, 0.717) is 19.1 Å². The Bertz CT molecular complexity index is 682. The highest BCUT2D eigenvalue weighted by atomic mass is 16.5. The largest absolute Gasteiger partial charge is 0.493 e. The van der Waals surface area contributed by atoms with E-state index in [0.717, 1.165) is 24.3 Å². The standard InChI is InChI=1S/C20H23NO3/c1-2-15-7-9-18(10-8-15)23-14-20(22)21-12-16-11-17-5-3-4-6-19(17)24-13-16/h3-10,16H,2,11-14H2,1H3,(H,21,22). The molecule has 126 valence electrons. The summed E-state index contributed by atoms with van der Waals surface area (Å²) in [6.07, 6.45) is 1.92. The molecule has 0 fully saturated rings. The molecule has 1 atom stereocenters. The SMILES string of the molecule is CCc1ccc(OCC(=O)NCC2COc3ccccc3C2)cc1. The molecular formula is C20H23NO3. The van der Waals surface area contributed by atoms with Crippen molar-refractivity contribution in [3.8, 4) is 11.5 Å². The molecule has 24 heavy (non-hydrogen) atoms. The minimum atomic E-state index is -0.103. The van der Waals surface area contributed by atoms with E-state index in [1.807, 2.05) is 42.5 Å². The first-order valence-electron chi connectivity index (χ1n) is 8.43. The number of fused-ring (bicyclic) bond motifs is 1. The summed E-state index contributed by atoms with van der Waals surface area (Å²) in [6, 6.07) is 15.9. The van der Waals surface area contributed by atoms with Crippen LogP contribution >= 0.6 is 0 Å². The highest BCUT2D eigenvalue weighted by Gasteiger charge is 2.19. The molecule has 0 aromatic heterocycles. The molecule has 1 aliphatic rings. The van der Waals surface area contributed by atoms with Crippen LogP contribution in [-0.4, -0.2) is 25.7 Å². The lowest BCUT2D eigenvalue weighted by Gasteiger charge is -2.25. The molecular weight excluding hydrogens is 302 g/mol. The van der Waals surface area contributed by atoms with Crippen molar-refractivity contribution >= 4 is 5.91 Å². The molecule has 1 amide bonds. The predicted molar refractivity (Wildman–Crippen MR) is 93.5 cm³/mol. The lowest BCUT2D eigenvalue weighted by Crippen LogP contribution is -2.37. The Morgan fingerprint density at radius 1 is 1.21 bits per heavy atom. The van der Waals surface area contributed by atoms with Gasteiger partial charge in [0, 0.05) is 12.5 Å². The fraction of sp³-hybridized carbons (Fsp3) is 0.350. The van der Waals surface area contributed by atoms with Crippen LogP contribution in [0.15, 0.2) is 48.5 Å². The van der Waals surface area contributed by atoms with Crippen LogP contribution in [0.3, 0.4) is 0 Å². The average Bonchev–Trinajstić information content (AvgIpc) is 2.65. The van der Waals surface area contributed by atoms with Gasteiger partial charge >= 0.3 is 0 Å². The first-order valence-corrected chi connectivity index (χ1v) is 8.43. The second kappa shape index (κ2) is 7.86. The second-order valence-corrected chi connectivity index (χ2v) is 6.08. The van der Waals surface area contributed by atoms with Gasteiger partial charge in [-0.25, -0.2) is 0 Å². The fourth-order valence-electron chi connectivity index (χ4n) is 2.80. The van der Waals surface area contributed by atoms with Crippen LogP contribution in [0.2, 0.25) is 0 Å². The second-order valence-electron chi connectivity index (χ2n) is 6.08. The maximum absolute atomic E-state index is 12.0. The Morgan fingerprint density at radius 2 is 2.00 bits per heavy atom. The van der Waals surface area contributed by atoms with E-state index in [2.05, 4.69) is 18.3 Å². The molecule has 2 aromatic carbocycles. The van der Waals surface area contributed by atoms with Gasteiger partial charge in [0.15, 0.2) is 6.61 Å². The van der Waals surface area contributed by atoms with E-state index in [-0.39, 0.29) is 12.5 Å². The van der Waals surface area contributed by atoms with Gasteiger partial charge in [0.1, 0.15) is 11.5 Å². The van der Waals surface area contributed by atoms with E-state index in [4.69, 9.17) is 9.47 Å². The quantitative estimate of drug-likeness (QED) is 0.888. The summed E-state index contributed by atoms with van der Waals surface area (Å²) < 4.78 is 11.3. The summed E-state index contributed by atoms with van der Waals surface area (Å²) in [5.41, 5.74) is 2.46. The Hall–Kier alpha value is -2.49. The molecule has 1 N–H and O–H groups in total. The molecule has 1 aliphatic heterocycles. The third kappa shape index (κ3) is 4.28. The molecule has 0 spiro atoms. The Balaban J connectivity index is 1.41. The maximum Gasteiger partial charge on any atom is 0.257 e. The van der Waals surface area contributed by atoms with Crippen molar-refractivity contribution in [2.45, 2.75) is 19.8 Å². The van der Waals surface area contributed by atoms with Gasteiger partial charge in [-0.3, -0.25) is 4.79 Å². The van der Waals surface area contributed by atoms with Gasteiger partial charge in [0.05, 0.1) is 6.61 Å². The molecule has 0 aliphatic carbocycles. The van der Waals surface area contributed by atoms with Crippen molar-refractivity contribution in [3.05, 3.63) is 59.7 Å². The molecule has 4 heteroatoms. The van der Waals surface area contributed by atoms with E-state index in [1.165, 1.54) is 11.1 Å². The number of hydrogen-bond donors (Lipinski definition) is 1. The third-order valence-electron chi connectivity index (χ3n) is 4.25. The van der Waals surface area contributed by atoms with E-state index in [1.54, 1.807) is 0 Å². The summed E-state index contributed by atoms with van der Waals surface area (Å²) in [6.45, 7) is 3.38. The van der Waals surface area contributed by atoms with Gasteiger partial charge in [-0.05, 0) is 42.2 Å². The molecule has 3 rings (SSSR count). The number of carbonyl (C=O) groups is 1. The van der Waals surface area contributed by atoms with Crippen LogP contribution in [-0.2, 0) is 17.6 Å². The van der Waals surface area contributed by atoms with Crippen LogP contribution in [0.5, 0.6) is 11.5 Å². The lowest BCUT2D eigenvalue weighted by atomic mass is 9.97. The van der Waals surface area contributed by atoms with Crippen molar-refractivity contribution in [2.75, 3.05) is 19.8 Å². The van der Waals surface area contributed by atoms with Crippen molar-refractivity contribution in [2.24, 2.45) is 5.92 Å². The summed E-state index contributed by atoms with van der Waals surface area (Å²) >= 11 is 0. The predicted octanol–water partition coefficient (Wildman–Crippen LogP) is 3.00. The first kappa shape index (κ1) is 16.4. The monoisotopic (exact) mass is 325 g/mol. The smallest absolute Gasteiger partial charge is 0.257 e. The number of carbonyl (C=O) groups excluding carboxylic acids is 1. The van der Waals surface area contributed by atoms with Gasteiger partial charge in [-0.2, -0.15) is 0 Å². The maximum atomic E-state index is 12.0. The number of hydrogen-bond acceptors (Lipinski definition) is 3. The zero-order valence-electron chi connectivity index (χ0n) is 14.0. The summed E-state index contributed by atoms with van der Waals surface area (Å²) in [7, 11) is 0. The average molecular weight is 325 g/mol. The Labute approximate surface area is 142 Å². The van der Waals surface area contributed by atoms with Crippen molar-refractivity contribution in [3.63, 3.8) is 0 Å². The highest BCUT2D eigenvalue weighted by Crippen LogP contribution is 2.26. The number of amides is 1. The van der Waals surface area contributed by atoms with E-state index in [9.17, 15) is 4.79 Å². The van der Waals surface area contributed by atoms with Gasteiger partial charge in [0.25, 0.3) is 5.91 Å². The van der Waals surface area contributed by atoms with Crippen LogP contribution in [0.25, 0.3) is 0 Å².